The SMILES string of the molecule is Cc1ccc(-c2cccc([N+](=O)[O-])c2)n1-c1ccc(C(C)C)cc1. The van der Waals surface area contributed by atoms with Crippen LogP contribution in [0.25, 0.3) is 16.9 Å². The molecule has 4 heteroatoms. The molecule has 0 fully saturated rings. The topological polar surface area (TPSA) is 48.1 Å². The molecule has 0 spiro atoms. The fraction of sp³-hybridized carbons (Fsp3) is 0.200. The molecule has 2 aromatic carbocycles. The molecule has 0 bridgehead atoms. The fourth-order valence-corrected chi connectivity index (χ4v) is 2.89. The summed E-state index contributed by atoms with van der Waals surface area (Å²) < 4.78 is 2.13. The molecule has 0 aliphatic rings. The maximum absolute atomic E-state index is 11.0. The first-order valence-corrected chi connectivity index (χ1v) is 8.01. The van der Waals surface area contributed by atoms with E-state index in [0.29, 0.717) is 5.92 Å². The average Bonchev–Trinajstić information content (AvgIpc) is 2.96. The van der Waals surface area contributed by atoms with Gasteiger partial charge in [0.25, 0.3) is 5.69 Å². The number of nitro benzene ring substituents is 1. The van der Waals surface area contributed by atoms with Gasteiger partial charge in [-0.2, -0.15) is 0 Å². The summed E-state index contributed by atoms with van der Waals surface area (Å²) in [4.78, 5) is 10.7. The number of benzene rings is 2. The molecular weight excluding hydrogens is 300 g/mol. The van der Waals surface area contributed by atoms with Crippen molar-refractivity contribution in [3.63, 3.8) is 0 Å². The number of aromatic nitrogens is 1. The minimum absolute atomic E-state index is 0.105. The van der Waals surface area contributed by atoms with Crippen LogP contribution in [0.5, 0.6) is 0 Å². The van der Waals surface area contributed by atoms with Crippen LogP contribution in [0.4, 0.5) is 5.69 Å². The molecule has 0 atom stereocenters. The molecule has 1 heterocycles. The Hall–Kier alpha value is -2.88. The molecule has 3 aromatic rings. The van der Waals surface area contributed by atoms with Crippen LogP contribution in [-0.2, 0) is 0 Å². The highest BCUT2D eigenvalue weighted by Gasteiger charge is 2.13. The Morgan fingerprint density at radius 2 is 1.71 bits per heavy atom. The van der Waals surface area contributed by atoms with Crippen LogP contribution in [0.1, 0.15) is 31.0 Å². The molecule has 0 amide bonds. The zero-order valence-corrected chi connectivity index (χ0v) is 14.1. The minimum Gasteiger partial charge on any atom is -0.314 e. The van der Waals surface area contributed by atoms with E-state index in [-0.39, 0.29) is 10.6 Å². The van der Waals surface area contributed by atoms with Crippen LogP contribution in [-0.4, -0.2) is 9.49 Å². The van der Waals surface area contributed by atoms with Gasteiger partial charge in [-0.05, 0) is 42.7 Å². The lowest BCUT2D eigenvalue weighted by Crippen LogP contribution is -2.00. The van der Waals surface area contributed by atoms with E-state index in [9.17, 15) is 10.1 Å². The molecule has 0 saturated heterocycles. The summed E-state index contributed by atoms with van der Waals surface area (Å²) in [6, 6.07) is 19.3. The quantitative estimate of drug-likeness (QED) is 0.472. The van der Waals surface area contributed by atoms with Crippen molar-refractivity contribution in [3.8, 4) is 16.9 Å². The van der Waals surface area contributed by atoms with Gasteiger partial charge in [0.2, 0.25) is 0 Å². The third-order valence-corrected chi connectivity index (χ3v) is 4.25. The number of hydrogen-bond acceptors (Lipinski definition) is 2. The number of nitro groups is 1. The second-order valence-corrected chi connectivity index (χ2v) is 6.25. The Morgan fingerprint density at radius 1 is 1.00 bits per heavy atom. The second kappa shape index (κ2) is 6.32. The Morgan fingerprint density at radius 3 is 2.33 bits per heavy atom. The van der Waals surface area contributed by atoms with Crippen LogP contribution in [0.3, 0.4) is 0 Å². The monoisotopic (exact) mass is 320 g/mol. The molecule has 3 rings (SSSR count). The second-order valence-electron chi connectivity index (χ2n) is 6.25. The average molecular weight is 320 g/mol. The molecule has 0 saturated carbocycles. The van der Waals surface area contributed by atoms with E-state index < -0.39 is 0 Å². The molecule has 0 radical (unpaired) electrons. The molecule has 0 N–H and O–H groups in total. The van der Waals surface area contributed by atoms with Gasteiger partial charge in [-0.3, -0.25) is 10.1 Å². The largest absolute Gasteiger partial charge is 0.314 e. The van der Waals surface area contributed by atoms with Gasteiger partial charge >= 0.3 is 0 Å². The van der Waals surface area contributed by atoms with Crippen molar-refractivity contribution in [3.05, 3.63) is 82.0 Å². The summed E-state index contributed by atoms with van der Waals surface area (Å²) in [6.07, 6.45) is 0. The lowest BCUT2D eigenvalue weighted by molar-refractivity contribution is -0.384. The first-order chi connectivity index (χ1) is 11.5. The highest BCUT2D eigenvalue weighted by atomic mass is 16.6. The van der Waals surface area contributed by atoms with Gasteiger partial charge < -0.3 is 4.57 Å². The summed E-state index contributed by atoms with van der Waals surface area (Å²) in [5, 5.41) is 11.0. The minimum atomic E-state index is -0.360. The van der Waals surface area contributed by atoms with Gasteiger partial charge in [-0.15, -0.1) is 0 Å². The highest BCUT2D eigenvalue weighted by molar-refractivity contribution is 5.66. The van der Waals surface area contributed by atoms with Crippen molar-refractivity contribution in [1.82, 2.24) is 4.57 Å². The van der Waals surface area contributed by atoms with E-state index in [1.807, 2.05) is 25.1 Å². The summed E-state index contributed by atoms with van der Waals surface area (Å²) in [5.41, 5.74) is 5.34. The number of hydrogen-bond donors (Lipinski definition) is 0. The predicted molar refractivity (Wildman–Crippen MR) is 96.7 cm³/mol. The molecule has 1 aromatic heterocycles. The number of nitrogens with zero attached hydrogens (tertiary/aromatic N) is 2. The molecule has 0 aliphatic carbocycles. The van der Waals surface area contributed by atoms with Crippen LogP contribution in [0.15, 0.2) is 60.7 Å². The van der Waals surface area contributed by atoms with E-state index in [1.165, 1.54) is 11.6 Å². The van der Waals surface area contributed by atoms with Gasteiger partial charge in [0.15, 0.2) is 0 Å². The smallest absolute Gasteiger partial charge is 0.270 e. The van der Waals surface area contributed by atoms with Crippen molar-refractivity contribution < 1.29 is 4.92 Å². The van der Waals surface area contributed by atoms with Gasteiger partial charge in [-0.25, -0.2) is 0 Å². The van der Waals surface area contributed by atoms with Crippen LogP contribution in [0, 0.1) is 17.0 Å². The van der Waals surface area contributed by atoms with Crippen LogP contribution in [0.2, 0.25) is 0 Å². The summed E-state index contributed by atoms with van der Waals surface area (Å²) in [5.74, 6) is 0.487. The normalized spacial score (nSPS) is 11.0. The van der Waals surface area contributed by atoms with E-state index >= 15 is 0 Å². The summed E-state index contributed by atoms with van der Waals surface area (Å²) >= 11 is 0. The molecule has 0 aliphatic heterocycles. The maximum Gasteiger partial charge on any atom is 0.270 e. The zero-order valence-electron chi connectivity index (χ0n) is 14.1. The van der Waals surface area contributed by atoms with Crippen molar-refractivity contribution in [2.45, 2.75) is 26.7 Å². The Balaban J connectivity index is 2.09. The van der Waals surface area contributed by atoms with E-state index in [4.69, 9.17) is 0 Å². The molecular formula is C20H20N2O2. The Bertz CT molecular complexity index is 877. The van der Waals surface area contributed by atoms with Crippen LogP contribution < -0.4 is 0 Å². The number of aryl methyl sites for hydroxylation is 1. The number of rotatable bonds is 4. The van der Waals surface area contributed by atoms with Crippen molar-refractivity contribution in [1.29, 1.82) is 0 Å². The van der Waals surface area contributed by atoms with Crippen LogP contribution >= 0.6 is 0 Å². The highest BCUT2D eigenvalue weighted by Crippen LogP contribution is 2.29. The number of non-ortho nitro benzene ring substituents is 1. The molecule has 0 unspecified atom stereocenters. The predicted octanol–water partition coefficient (Wildman–Crippen LogP) is 5.48. The van der Waals surface area contributed by atoms with Crippen molar-refractivity contribution in [2.24, 2.45) is 0 Å². The first-order valence-electron chi connectivity index (χ1n) is 8.01. The lowest BCUT2D eigenvalue weighted by Gasteiger charge is -2.13. The van der Waals surface area contributed by atoms with Gasteiger partial charge in [0.1, 0.15) is 0 Å². The van der Waals surface area contributed by atoms with Crippen molar-refractivity contribution in [2.75, 3.05) is 0 Å². The molecule has 122 valence electrons. The maximum atomic E-state index is 11.0. The van der Waals surface area contributed by atoms with Crippen molar-refractivity contribution >= 4 is 5.69 Å². The third-order valence-electron chi connectivity index (χ3n) is 4.25. The Kier molecular flexibility index (Phi) is 4.21. The Labute approximate surface area is 141 Å². The first kappa shape index (κ1) is 16.0. The summed E-state index contributed by atoms with van der Waals surface area (Å²) in [7, 11) is 0. The zero-order chi connectivity index (χ0) is 17.3. The standard InChI is InChI=1S/C20H20N2O2/c1-14(2)16-8-10-18(11-9-16)21-15(3)7-12-20(21)17-5-4-6-19(13-17)22(23)24/h4-14H,1-3H3. The van der Waals surface area contributed by atoms with Gasteiger partial charge in [0, 0.05) is 29.1 Å². The fourth-order valence-electron chi connectivity index (χ4n) is 2.89. The van der Waals surface area contributed by atoms with Gasteiger partial charge in [-0.1, -0.05) is 38.1 Å². The molecule has 4 nitrogen and oxygen atoms in total. The van der Waals surface area contributed by atoms with E-state index in [1.54, 1.807) is 12.1 Å². The molecule has 24 heavy (non-hydrogen) atoms. The van der Waals surface area contributed by atoms with Gasteiger partial charge in [0.05, 0.1) is 10.6 Å². The van der Waals surface area contributed by atoms with E-state index in [2.05, 4.69) is 42.7 Å². The van der Waals surface area contributed by atoms with E-state index in [0.717, 1.165) is 22.6 Å². The summed E-state index contributed by atoms with van der Waals surface area (Å²) in [6.45, 7) is 6.38. The third kappa shape index (κ3) is 2.95. The lowest BCUT2D eigenvalue weighted by atomic mass is 10.0.